The maximum Gasteiger partial charge on any atom is 0.416 e. The quantitative estimate of drug-likeness (QED) is 0.310. The van der Waals surface area contributed by atoms with Crippen LogP contribution in [0.2, 0.25) is 10.0 Å². The number of amidine groups is 1. The Morgan fingerprint density at radius 3 is 2.07 bits per heavy atom. The molecule has 2 aliphatic rings. The van der Waals surface area contributed by atoms with E-state index in [0.717, 1.165) is 23.3 Å². The van der Waals surface area contributed by atoms with E-state index in [1.54, 1.807) is 55.1 Å². The Balaban J connectivity index is 1.64. The first-order valence-corrected chi connectivity index (χ1v) is 15.2. The van der Waals surface area contributed by atoms with Gasteiger partial charge in [-0.05, 0) is 67.4 Å². The predicted octanol–water partition coefficient (Wildman–Crippen LogP) is 6.57. The summed E-state index contributed by atoms with van der Waals surface area (Å²) < 4.78 is 46.9. The zero-order valence-electron chi connectivity index (χ0n) is 24.6. The van der Waals surface area contributed by atoms with Crippen molar-refractivity contribution in [2.24, 2.45) is 10.7 Å². The lowest BCUT2D eigenvalue weighted by molar-refractivity contribution is -0.137. The van der Waals surface area contributed by atoms with Crippen LogP contribution in [0.15, 0.2) is 71.7 Å². The average Bonchev–Trinajstić information content (AvgIpc) is 3.41. The van der Waals surface area contributed by atoms with Gasteiger partial charge >= 0.3 is 12.2 Å². The summed E-state index contributed by atoms with van der Waals surface area (Å²) in [5.74, 6) is -0.330. The van der Waals surface area contributed by atoms with Gasteiger partial charge in [-0.25, -0.2) is 4.79 Å². The third-order valence-electron chi connectivity index (χ3n) is 8.09. The second-order valence-corrected chi connectivity index (χ2v) is 11.7. The number of hydrogen-bond donors (Lipinski definition) is 1. The number of piperazine rings is 1. The van der Waals surface area contributed by atoms with Gasteiger partial charge in [0.25, 0.3) is 0 Å². The van der Waals surface area contributed by atoms with E-state index in [-0.39, 0.29) is 29.8 Å². The lowest BCUT2D eigenvalue weighted by Gasteiger charge is -2.40. The Morgan fingerprint density at radius 2 is 1.53 bits per heavy atom. The highest BCUT2D eigenvalue weighted by atomic mass is 35.5. The molecular formula is C32H32Cl2F3N5O3. The van der Waals surface area contributed by atoms with E-state index < -0.39 is 35.8 Å². The molecule has 8 nitrogen and oxygen atoms in total. The summed E-state index contributed by atoms with van der Waals surface area (Å²) >= 11 is 12.4. The number of carbonyl (C=O) groups excluding carboxylic acids is 2. The van der Waals surface area contributed by atoms with Gasteiger partial charge in [-0.3, -0.25) is 19.6 Å². The summed E-state index contributed by atoms with van der Waals surface area (Å²) in [6.45, 7) is 4.90. The van der Waals surface area contributed by atoms with Gasteiger partial charge in [-0.2, -0.15) is 13.2 Å². The second-order valence-electron chi connectivity index (χ2n) is 10.8. The number of hydrogen-bond acceptors (Lipinski definition) is 5. The van der Waals surface area contributed by atoms with Gasteiger partial charge in [-0.1, -0.05) is 47.5 Å². The number of amides is 3. The van der Waals surface area contributed by atoms with E-state index >= 15 is 0 Å². The molecule has 0 bridgehead atoms. The molecule has 0 radical (unpaired) electrons. The number of alkyl halides is 3. The fourth-order valence-corrected chi connectivity index (χ4v) is 5.90. The molecule has 3 unspecified atom stereocenters. The van der Waals surface area contributed by atoms with Gasteiger partial charge in [0, 0.05) is 36.2 Å². The lowest BCUT2D eigenvalue weighted by atomic mass is 9.93. The van der Waals surface area contributed by atoms with E-state index in [0.29, 0.717) is 36.2 Å². The highest BCUT2D eigenvalue weighted by Gasteiger charge is 2.45. The summed E-state index contributed by atoms with van der Waals surface area (Å²) in [6, 6.07) is 15.1. The number of rotatable bonds is 7. The zero-order valence-corrected chi connectivity index (χ0v) is 26.1. The monoisotopic (exact) mass is 661 g/mol. The van der Waals surface area contributed by atoms with Crippen LogP contribution in [0.4, 0.5) is 18.0 Å². The fourth-order valence-electron chi connectivity index (χ4n) is 5.65. The van der Waals surface area contributed by atoms with Crippen LogP contribution in [0.1, 0.15) is 48.2 Å². The molecular weight excluding hydrogens is 630 g/mol. The number of aliphatic imine (C=N–C) groups is 1. The number of nitrogens with two attached hydrogens (primary N) is 1. The van der Waals surface area contributed by atoms with Crippen LogP contribution < -0.4 is 10.5 Å². The number of urea groups is 1. The minimum atomic E-state index is -4.60. The van der Waals surface area contributed by atoms with Gasteiger partial charge in [0.05, 0.1) is 29.8 Å². The van der Waals surface area contributed by atoms with Crippen LogP contribution in [0.5, 0.6) is 5.75 Å². The summed E-state index contributed by atoms with van der Waals surface area (Å²) in [4.78, 5) is 36.5. The molecule has 45 heavy (non-hydrogen) atoms. The first-order chi connectivity index (χ1) is 21.4. The smallest absolute Gasteiger partial charge is 0.416 e. The zero-order chi connectivity index (χ0) is 32.5. The van der Waals surface area contributed by atoms with Crippen molar-refractivity contribution in [3.63, 3.8) is 0 Å². The van der Waals surface area contributed by atoms with Crippen LogP contribution in [-0.2, 0) is 11.0 Å². The summed E-state index contributed by atoms with van der Waals surface area (Å²) in [7, 11) is 0. The van der Waals surface area contributed by atoms with Gasteiger partial charge in [0.1, 0.15) is 17.6 Å². The standard InChI is InChI=1S/C32H32Cl2F3N5O3/c1-3-45-26-18-22(32(35,36)37)8-13-25(26)30-39-27(20-4-9-23(33)10-5-20)28(21-6-11-24(34)12-7-21)42(30)31(44)41-16-14-40(15-17-41)19(2)29(38)43/h4-13,18-19,27-28H,3,14-17H2,1-2H3,(H2,38,43). The maximum absolute atomic E-state index is 14.6. The molecule has 0 saturated carbocycles. The molecule has 3 amide bonds. The summed E-state index contributed by atoms with van der Waals surface area (Å²) in [6.07, 6.45) is -4.60. The van der Waals surface area contributed by atoms with Crippen molar-refractivity contribution in [1.29, 1.82) is 0 Å². The molecule has 2 N–H and O–H groups in total. The average molecular weight is 663 g/mol. The van der Waals surface area contributed by atoms with Crippen LogP contribution in [0.3, 0.4) is 0 Å². The minimum Gasteiger partial charge on any atom is -0.493 e. The van der Waals surface area contributed by atoms with Crippen LogP contribution >= 0.6 is 23.2 Å². The van der Waals surface area contributed by atoms with Crippen LogP contribution in [0, 0.1) is 0 Å². The number of carbonyl (C=O) groups is 2. The Morgan fingerprint density at radius 1 is 0.956 bits per heavy atom. The number of nitrogens with zero attached hydrogens (tertiary/aromatic N) is 4. The van der Waals surface area contributed by atoms with E-state index in [4.69, 9.17) is 38.7 Å². The van der Waals surface area contributed by atoms with Crippen molar-refractivity contribution < 1.29 is 27.5 Å². The molecule has 0 aromatic heterocycles. The minimum absolute atomic E-state index is 0.0458. The van der Waals surface area contributed by atoms with Crippen molar-refractivity contribution in [1.82, 2.24) is 14.7 Å². The number of primary amides is 1. The normalized spacial score (nSPS) is 19.8. The topological polar surface area (TPSA) is 91.5 Å². The molecule has 2 aliphatic heterocycles. The van der Waals surface area contributed by atoms with Crippen LogP contribution in [0.25, 0.3) is 0 Å². The van der Waals surface area contributed by atoms with E-state index in [1.807, 2.05) is 17.0 Å². The first-order valence-electron chi connectivity index (χ1n) is 14.4. The van der Waals surface area contributed by atoms with Gasteiger partial charge in [0.2, 0.25) is 5.91 Å². The lowest BCUT2D eigenvalue weighted by Crippen LogP contribution is -2.57. The van der Waals surface area contributed by atoms with Crippen molar-refractivity contribution in [2.45, 2.75) is 38.1 Å². The van der Waals surface area contributed by atoms with E-state index in [1.165, 1.54) is 11.0 Å². The molecule has 2 heterocycles. The molecule has 3 aromatic carbocycles. The largest absolute Gasteiger partial charge is 0.493 e. The van der Waals surface area contributed by atoms with Gasteiger partial charge in [0.15, 0.2) is 0 Å². The predicted molar refractivity (Wildman–Crippen MR) is 167 cm³/mol. The van der Waals surface area contributed by atoms with Crippen molar-refractivity contribution in [3.05, 3.63) is 99.0 Å². The Kier molecular flexibility index (Phi) is 9.62. The Labute approximate surface area is 269 Å². The summed E-state index contributed by atoms with van der Waals surface area (Å²) in [5.41, 5.74) is 6.34. The fraction of sp³-hybridized carbons (Fsp3) is 0.344. The van der Waals surface area contributed by atoms with E-state index in [2.05, 4.69) is 0 Å². The van der Waals surface area contributed by atoms with Gasteiger partial charge in [-0.15, -0.1) is 0 Å². The number of ether oxygens (including phenoxy) is 1. The first kappa shape index (κ1) is 32.6. The molecule has 13 heteroatoms. The van der Waals surface area contributed by atoms with Crippen molar-refractivity contribution in [3.8, 4) is 5.75 Å². The molecule has 3 atom stereocenters. The molecule has 0 spiro atoms. The van der Waals surface area contributed by atoms with Gasteiger partial charge < -0.3 is 15.4 Å². The maximum atomic E-state index is 14.6. The Hall–Kier alpha value is -3.80. The second kappa shape index (κ2) is 13.3. The SMILES string of the molecule is CCOc1cc(C(F)(F)F)ccc1C1=NC(c2ccc(Cl)cc2)C(c2ccc(Cl)cc2)N1C(=O)N1CCN(C(C)C(N)=O)CC1. The highest BCUT2D eigenvalue weighted by Crippen LogP contribution is 2.46. The van der Waals surface area contributed by atoms with Crippen molar-refractivity contribution >= 4 is 41.0 Å². The van der Waals surface area contributed by atoms with Crippen LogP contribution in [-0.4, -0.2) is 71.3 Å². The van der Waals surface area contributed by atoms with E-state index in [9.17, 15) is 22.8 Å². The Bertz CT molecular complexity index is 1580. The number of benzene rings is 3. The molecule has 238 valence electrons. The van der Waals surface area contributed by atoms with Crippen molar-refractivity contribution in [2.75, 3.05) is 32.8 Å². The molecule has 5 rings (SSSR count). The third-order valence-corrected chi connectivity index (χ3v) is 8.59. The number of halogens is 5. The third kappa shape index (κ3) is 6.90. The molecule has 1 fully saturated rings. The highest BCUT2D eigenvalue weighted by molar-refractivity contribution is 6.30. The summed E-state index contributed by atoms with van der Waals surface area (Å²) in [5, 5.41) is 1.02. The molecule has 0 aliphatic carbocycles. The molecule has 3 aromatic rings. The molecule has 1 saturated heterocycles.